The van der Waals surface area contributed by atoms with E-state index in [1.165, 1.54) is 33.4 Å². The third-order valence-corrected chi connectivity index (χ3v) is 4.72. The van der Waals surface area contributed by atoms with E-state index in [4.69, 9.17) is 11.5 Å². The summed E-state index contributed by atoms with van der Waals surface area (Å²) in [5, 5.41) is 0. The van der Waals surface area contributed by atoms with Crippen molar-refractivity contribution in [3.05, 3.63) is 57.6 Å². The normalized spacial score (nSPS) is 11.2. The van der Waals surface area contributed by atoms with E-state index in [2.05, 4.69) is 58.9 Å². The first-order chi connectivity index (χ1) is 10.9. The summed E-state index contributed by atoms with van der Waals surface area (Å²) in [7, 11) is 0. The number of anilines is 2. The lowest BCUT2D eigenvalue weighted by molar-refractivity contribution is 0.838. The Bertz CT molecular complexity index is 699. The van der Waals surface area contributed by atoms with Gasteiger partial charge in [0, 0.05) is 11.4 Å². The second kappa shape index (κ2) is 7.08. The summed E-state index contributed by atoms with van der Waals surface area (Å²) in [6.07, 6.45) is 2.98. The van der Waals surface area contributed by atoms with Crippen molar-refractivity contribution in [1.82, 2.24) is 0 Å². The van der Waals surface area contributed by atoms with Crippen LogP contribution in [0.25, 0.3) is 0 Å². The Morgan fingerprint density at radius 2 is 1.35 bits per heavy atom. The van der Waals surface area contributed by atoms with Crippen molar-refractivity contribution < 1.29 is 0 Å². The fourth-order valence-corrected chi connectivity index (χ4v) is 3.49. The molecule has 124 valence electrons. The highest BCUT2D eigenvalue weighted by Crippen LogP contribution is 2.31. The van der Waals surface area contributed by atoms with Gasteiger partial charge in [-0.3, -0.25) is 0 Å². The van der Waals surface area contributed by atoms with E-state index in [1.54, 1.807) is 0 Å². The van der Waals surface area contributed by atoms with Gasteiger partial charge in [0.1, 0.15) is 0 Å². The van der Waals surface area contributed by atoms with Crippen LogP contribution in [0.15, 0.2) is 24.3 Å². The van der Waals surface area contributed by atoms with Crippen LogP contribution in [0, 0.1) is 6.92 Å². The summed E-state index contributed by atoms with van der Waals surface area (Å²) >= 11 is 0. The zero-order valence-electron chi connectivity index (χ0n) is 15.2. The van der Waals surface area contributed by atoms with Gasteiger partial charge in [0.15, 0.2) is 0 Å². The Hall–Kier alpha value is -1.96. The van der Waals surface area contributed by atoms with Gasteiger partial charge < -0.3 is 11.5 Å². The van der Waals surface area contributed by atoms with Gasteiger partial charge in [-0.2, -0.15) is 0 Å². The number of aryl methyl sites for hydroxylation is 3. The van der Waals surface area contributed by atoms with E-state index < -0.39 is 0 Å². The maximum absolute atomic E-state index is 6.12. The second-order valence-electron chi connectivity index (χ2n) is 6.76. The molecule has 0 spiro atoms. The average Bonchev–Trinajstić information content (AvgIpc) is 2.49. The Balaban J connectivity index is 2.60. The average molecular weight is 310 g/mol. The van der Waals surface area contributed by atoms with Crippen molar-refractivity contribution in [2.45, 2.75) is 59.8 Å². The molecule has 0 aliphatic rings. The molecule has 2 aromatic carbocycles. The molecule has 4 N–H and O–H groups in total. The number of rotatable bonds is 5. The monoisotopic (exact) mass is 310 g/mol. The molecule has 0 unspecified atom stereocenters. The number of benzene rings is 2. The summed E-state index contributed by atoms with van der Waals surface area (Å²) < 4.78 is 0. The zero-order valence-corrected chi connectivity index (χ0v) is 15.2. The van der Waals surface area contributed by atoms with Gasteiger partial charge in [0.2, 0.25) is 0 Å². The molecule has 0 bridgehead atoms. The van der Waals surface area contributed by atoms with E-state index in [9.17, 15) is 0 Å². The maximum atomic E-state index is 6.12. The predicted molar refractivity (Wildman–Crippen MR) is 102 cm³/mol. The zero-order chi connectivity index (χ0) is 17.1. The fraction of sp³-hybridized carbons (Fsp3) is 0.429. The van der Waals surface area contributed by atoms with Crippen LogP contribution in [-0.2, 0) is 19.3 Å². The summed E-state index contributed by atoms with van der Waals surface area (Å²) in [5.41, 5.74) is 22.1. The summed E-state index contributed by atoms with van der Waals surface area (Å²) in [6, 6.07) is 8.50. The van der Waals surface area contributed by atoms with Gasteiger partial charge >= 0.3 is 0 Å². The van der Waals surface area contributed by atoms with Gasteiger partial charge in [0.25, 0.3) is 0 Å². The standard InChI is InChI=1S/C21H30N2/c1-6-15-9-17(22)8-14(5)20(15)12-21-16(7-2)10-18(23)11-19(21)13(3)4/h8-11,13H,6-7,12,22-23H2,1-5H3. The lowest BCUT2D eigenvalue weighted by Gasteiger charge is -2.21. The van der Waals surface area contributed by atoms with Gasteiger partial charge in [0.05, 0.1) is 0 Å². The topological polar surface area (TPSA) is 52.0 Å². The molecule has 2 nitrogen and oxygen atoms in total. The predicted octanol–water partition coefficient (Wildman–Crippen LogP) is 5.00. The highest BCUT2D eigenvalue weighted by atomic mass is 14.5. The molecule has 0 amide bonds. The van der Waals surface area contributed by atoms with Crippen molar-refractivity contribution in [2.24, 2.45) is 0 Å². The van der Waals surface area contributed by atoms with Crippen molar-refractivity contribution in [3.8, 4) is 0 Å². The fourth-order valence-electron chi connectivity index (χ4n) is 3.49. The van der Waals surface area contributed by atoms with Crippen molar-refractivity contribution in [1.29, 1.82) is 0 Å². The van der Waals surface area contributed by atoms with Gasteiger partial charge in [-0.15, -0.1) is 0 Å². The van der Waals surface area contributed by atoms with E-state index in [1.807, 2.05) is 0 Å². The Kier molecular flexibility index (Phi) is 5.35. The third kappa shape index (κ3) is 3.69. The summed E-state index contributed by atoms with van der Waals surface area (Å²) in [5.74, 6) is 0.470. The summed E-state index contributed by atoms with van der Waals surface area (Å²) in [6.45, 7) is 11.1. The first kappa shape index (κ1) is 17.4. The molecular formula is C21H30N2. The van der Waals surface area contributed by atoms with Crippen LogP contribution >= 0.6 is 0 Å². The first-order valence-electron chi connectivity index (χ1n) is 8.66. The van der Waals surface area contributed by atoms with E-state index in [0.29, 0.717) is 5.92 Å². The van der Waals surface area contributed by atoms with Crippen LogP contribution in [0.2, 0.25) is 0 Å². The van der Waals surface area contributed by atoms with Crippen LogP contribution in [0.5, 0.6) is 0 Å². The number of hydrogen-bond donors (Lipinski definition) is 2. The molecule has 0 heterocycles. The molecule has 2 rings (SSSR count). The van der Waals surface area contributed by atoms with Gasteiger partial charge in [-0.1, -0.05) is 27.7 Å². The Morgan fingerprint density at radius 3 is 1.87 bits per heavy atom. The van der Waals surface area contributed by atoms with Gasteiger partial charge in [-0.05, 0) is 89.8 Å². The van der Waals surface area contributed by atoms with Crippen LogP contribution < -0.4 is 11.5 Å². The highest BCUT2D eigenvalue weighted by molar-refractivity contribution is 5.55. The van der Waals surface area contributed by atoms with Crippen molar-refractivity contribution in [2.75, 3.05) is 11.5 Å². The van der Waals surface area contributed by atoms with Gasteiger partial charge in [-0.25, -0.2) is 0 Å². The molecule has 0 saturated heterocycles. The molecular weight excluding hydrogens is 280 g/mol. The smallest absolute Gasteiger partial charge is 0.0319 e. The molecule has 0 aromatic heterocycles. The molecule has 0 aliphatic heterocycles. The van der Waals surface area contributed by atoms with Crippen molar-refractivity contribution >= 4 is 11.4 Å². The van der Waals surface area contributed by atoms with Crippen LogP contribution in [0.4, 0.5) is 11.4 Å². The molecule has 0 aliphatic carbocycles. The third-order valence-electron chi connectivity index (χ3n) is 4.72. The van der Waals surface area contributed by atoms with E-state index >= 15 is 0 Å². The SMILES string of the molecule is CCc1cc(N)cc(C)c1Cc1c(CC)cc(N)cc1C(C)C. The molecule has 2 aromatic rings. The molecule has 0 saturated carbocycles. The minimum Gasteiger partial charge on any atom is -0.399 e. The quantitative estimate of drug-likeness (QED) is 0.764. The molecule has 0 fully saturated rings. The minimum absolute atomic E-state index is 0.470. The second-order valence-corrected chi connectivity index (χ2v) is 6.76. The van der Waals surface area contributed by atoms with E-state index in [0.717, 1.165) is 30.6 Å². The number of hydrogen-bond acceptors (Lipinski definition) is 2. The largest absolute Gasteiger partial charge is 0.399 e. The number of nitrogen functional groups attached to an aromatic ring is 2. The van der Waals surface area contributed by atoms with Crippen LogP contribution in [0.3, 0.4) is 0 Å². The Labute approximate surface area is 140 Å². The van der Waals surface area contributed by atoms with E-state index in [-0.39, 0.29) is 0 Å². The molecule has 23 heavy (non-hydrogen) atoms. The number of nitrogens with two attached hydrogens (primary N) is 2. The lowest BCUT2D eigenvalue weighted by atomic mass is 9.85. The maximum Gasteiger partial charge on any atom is 0.0319 e. The first-order valence-corrected chi connectivity index (χ1v) is 8.66. The lowest BCUT2D eigenvalue weighted by Crippen LogP contribution is -2.07. The highest BCUT2D eigenvalue weighted by Gasteiger charge is 2.15. The molecule has 2 heteroatoms. The minimum atomic E-state index is 0.470. The Morgan fingerprint density at radius 1 is 0.826 bits per heavy atom. The van der Waals surface area contributed by atoms with Crippen molar-refractivity contribution in [3.63, 3.8) is 0 Å². The van der Waals surface area contributed by atoms with Crippen LogP contribution in [-0.4, -0.2) is 0 Å². The van der Waals surface area contributed by atoms with Crippen LogP contribution in [0.1, 0.15) is 67.0 Å². The molecule has 0 atom stereocenters. The summed E-state index contributed by atoms with van der Waals surface area (Å²) in [4.78, 5) is 0. The molecule has 0 radical (unpaired) electrons.